The number of hydrogen-bond acceptors (Lipinski definition) is 2. The van der Waals surface area contributed by atoms with Crippen LogP contribution in [0.2, 0.25) is 0 Å². The summed E-state index contributed by atoms with van der Waals surface area (Å²) in [6.07, 6.45) is 3.54. The summed E-state index contributed by atoms with van der Waals surface area (Å²) in [5.74, 6) is 1.69. The first-order valence-electron chi connectivity index (χ1n) is 7.58. The summed E-state index contributed by atoms with van der Waals surface area (Å²) in [6.45, 7) is 8.04. The molecule has 1 aliphatic rings. The van der Waals surface area contributed by atoms with E-state index >= 15 is 0 Å². The summed E-state index contributed by atoms with van der Waals surface area (Å²) in [5.41, 5.74) is 2.17. The van der Waals surface area contributed by atoms with Crippen LogP contribution in [0.4, 0.5) is 0 Å². The summed E-state index contributed by atoms with van der Waals surface area (Å²) in [7, 11) is 0. The molecule has 1 aromatic carbocycles. The lowest BCUT2D eigenvalue weighted by molar-refractivity contribution is -0.133. The predicted octanol–water partition coefficient (Wildman–Crippen LogP) is 3.33. The number of carbonyl (C=O) groups is 1. The molecular formula is C17H25NO2. The van der Waals surface area contributed by atoms with Crippen molar-refractivity contribution in [2.75, 3.05) is 19.7 Å². The van der Waals surface area contributed by atoms with Gasteiger partial charge in [-0.15, -0.1) is 0 Å². The topological polar surface area (TPSA) is 29.5 Å². The molecule has 1 aliphatic carbocycles. The van der Waals surface area contributed by atoms with Crippen molar-refractivity contribution in [2.24, 2.45) is 5.92 Å². The van der Waals surface area contributed by atoms with Gasteiger partial charge in [0.1, 0.15) is 5.75 Å². The third-order valence-electron chi connectivity index (χ3n) is 3.77. The average Bonchev–Trinajstić information content (AvgIpc) is 3.21. The molecule has 1 fully saturated rings. The van der Waals surface area contributed by atoms with Gasteiger partial charge in [0.25, 0.3) is 5.91 Å². The molecule has 1 aromatic rings. The third-order valence-corrected chi connectivity index (χ3v) is 3.77. The highest BCUT2D eigenvalue weighted by atomic mass is 16.5. The van der Waals surface area contributed by atoms with Crippen LogP contribution in [-0.2, 0) is 4.79 Å². The van der Waals surface area contributed by atoms with E-state index in [4.69, 9.17) is 4.74 Å². The Balaban J connectivity index is 1.92. The van der Waals surface area contributed by atoms with E-state index in [0.717, 1.165) is 42.3 Å². The number of carbonyl (C=O) groups excluding carboxylic acids is 1. The van der Waals surface area contributed by atoms with Gasteiger partial charge < -0.3 is 9.64 Å². The molecule has 0 aliphatic heterocycles. The Kier molecular flexibility index (Phi) is 5.05. The Bertz CT molecular complexity index is 446. The quantitative estimate of drug-likeness (QED) is 0.764. The maximum absolute atomic E-state index is 12.3. The van der Waals surface area contributed by atoms with Crippen molar-refractivity contribution in [2.45, 2.75) is 40.0 Å². The molecule has 110 valence electrons. The molecule has 3 heteroatoms. The number of benzene rings is 1. The molecule has 1 saturated carbocycles. The maximum Gasteiger partial charge on any atom is 0.260 e. The number of rotatable bonds is 7. The van der Waals surface area contributed by atoms with E-state index in [1.807, 2.05) is 36.9 Å². The minimum Gasteiger partial charge on any atom is -0.483 e. The number of ether oxygens (including phenoxy) is 1. The van der Waals surface area contributed by atoms with Gasteiger partial charge in [0.15, 0.2) is 6.61 Å². The standard InChI is InChI=1S/C17H25NO2/c1-4-10-18(11-15-8-9-15)16(19)12-20-17-13(2)6-5-7-14(17)3/h5-7,15H,4,8-12H2,1-3H3. The second-order valence-electron chi connectivity index (χ2n) is 5.79. The van der Waals surface area contributed by atoms with E-state index in [1.165, 1.54) is 12.8 Å². The van der Waals surface area contributed by atoms with Crippen molar-refractivity contribution in [1.82, 2.24) is 4.90 Å². The van der Waals surface area contributed by atoms with Crippen molar-refractivity contribution in [1.29, 1.82) is 0 Å². The van der Waals surface area contributed by atoms with Gasteiger partial charge >= 0.3 is 0 Å². The maximum atomic E-state index is 12.3. The third kappa shape index (κ3) is 3.99. The average molecular weight is 275 g/mol. The minimum atomic E-state index is 0.112. The summed E-state index contributed by atoms with van der Waals surface area (Å²) < 4.78 is 5.77. The fourth-order valence-electron chi connectivity index (χ4n) is 2.45. The number of aryl methyl sites for hydroxylation is 2. The van der Waals surface area contributed by atoms with Gasteiger partial charge in [-0.1, -0.05) is 25.1 Å². The number of amides is 1. The number of para-hydroxylation sites is 1. The summed E-state index contributed by atoms with van der Waals surface area (Å²) in [4.78, 5) is 14.3. The first-order chi connectivity index (χ1) is 9.61. The van der Waals surface area contributed by atoms with E-state index < -0.39 is 0 Å². The Morgan fingerprint density at radius 3 is 2.50 bits per heavy atom. The first-order valence-corrected chi connectivity index (χ1v) is 7.58. The molecule has 3 nitrogen and oxygen atoms in total. The molecule has 20 heavy (non-hydrogen) atoms. The van der Waals surface area contributed by atoms with E-state index in [2.05, 4.69) is 6.92 Å². The second kappa shape index (κ2) is 6.78. The molecule has 0 unspecified atom stereocenters. The number of nitrogens with zero attached hydrogens (tertiary/aromatic N) is 1. The molecule has 0 saturated heterocycles. The summed E-state index contributed by atoms with van der Waals surface area (Å²) in [5, 5.41) is 0. The van der Waals surface area contributed by atoms with Crippen LogP contribution in [0, 0.1) is 19.8 Å². The monoisotopic (exact) mass is 275 g/mol. The van der Waals surface area contributed by atoms with Crippen LogP contribution in [0.15, 0.2) is 18.2 Å². The summed E-state index contributed by atoms with van der Waals surface area (Å²) >= 11 is 0. The van der Waals surface area contributed by atoms with Gasteiger partial charge in [0.2, 0.25) is 0 Å². The van der Waals surface area contributed by atoms with Crippen LogP contribution in [0.1, 0.15) is 37.3 Å². The van der Waals surface area contributed by atoms with Crippen LogP contribution < -0.4 is 4.74 Å². The molecular weight excluding hydrogens is 250 g/mol. The fraction of sp³-hybridized carbons (Fsp3) is 0.588. The van der Waals surface area contributed by atoms with Crippen LogP contribution in [0.3, 0.4) is 0 Å². The second-order valence-corrected chi connectivity index (χ2v) is 5.79. The highest BCUT2D eigenvalue weighted by molar-refractivity contribution is 5.77. The molecule has 0 N–H and O–H groups in total. The molecule has 0 bridgehead atoms. The van der Waals surface area contributed by atoms with Crippen LogP contribution in [0.25, 0.3) is 0 Å². The van der Waals surface area contributed by atoms with Gasteiger partial charge in [0.05, 0.1) is 0 Å². The number of hydrogen-bond donors (Lipinski definition) is 0. The molecule has 0 aromatic heterocycles. The SMILES string of the molecule is CCCN(CC1CC1)C(=O)COc1c(C)cccc1C. The van der Waals surface area contributed by atoms with Gasteiger partial charge in [-0.2, -0.15) is 0 Å². The van der Waals surface area contributed by atoms with Crippen molar-refractivity contribution in [3.05, 3.63) is 29.3 Å². The highest BCUT2D eigenvalue weighted by Gasteiger charge is 2.26. The van der Waals surface area contributed by atoms with Crippen LogP contribution in [0.5, 0.6) is 5.75 Å². The van der Waals surface area contributed by atoms with Crippen molar-refractivity contribution in [3.63, 3.8) is 0 Å². The van der Waals surface area contributed by atoms with Gasteiger partial charge in [-0.05, 0) is 50.2 Å². The van der Waals surface area contributed by atoms with E-state index in [0.29, 0.717) is 0 Å². The van der Waals surface area contributed by atoms with Gasteiger partial charge in [-0.3, -0.25) is 4.79 Å². The van der Waals surface area contributed by atoms with Gasteiger partial charge in [0, 0.05) is 13.1 Å². The normalized spacial score (nSPS) is 14.2. The zero-order valence-corrected chi connectivity index (χ0v) is 12.8. The van der Waals surface area contributed by atoms with Crippen molar-refractivity contribution in [3.8, 4) is 5.75 Å². The molecule has 0 atom stereocenters. The Hall–Kier alpha value is -1.51. The lowest BCUT2D eigenvalue weighted by Crippen LogP contribution is -2.37. The zero-order chi connectivity index (χ0) is 14.5. The van der Waals surface area contributed by atoms with E-state index in [1.54, 1.807) is 0 Å². The van der Waals surface area contributed by atoms with Gasteiger partial charge in [-0.25, -0.2) is 0 Å². The molecule has 2 rings (SSSR count). The molecule has 0 heterocycles. The van der Waals surface area contributed by atoms with Crippen molar-refractivity contribution < 1.29 is 9.53 Å². The fourth-order valence-corrected chi connectivity index (χ4v) is 2.45. The van der Waals surface area contributed by atoms with E-state index in [-0.39, 0.29) is 12.5 Å². The summed E-state index contributed by atoms with van der Waals surface area (Å²) in [6, 6.07) is 6.04. The van der Waals surface area contributed by atoms with Crippen LogP contribution in [-0.4, -0.2) is 30.5 Å². The van der Waals surface area contributed by atoms with E-state index in [9.17, 15) is 4.79 Å². The Morgan fingerprint density at radius 1 is 1.30 bits per heavy atom. The Morgan fingerprint density at radius 2 is 1.95 bits per heavy atom. The lowest BCUT2D eigenvalue weighted by Gasteiger charge is -2.22. The minimum absolute atomic E-state index is 0.112. The molecule has 1 amide bonds. The zero-order valence-electron chi connectivity index (χ0n) is 12.8. The smallest absolute Gasteiger partial charge is 0.260 e. The Labute approximate surface area is 121 Å². The molecule has 0 radical (unpaired) electrons. The van der Waals surface area contributed by atoms with Crippen LogP contribution >= 0.6 is 0 Å². The molecule has 0 spiro atoms. The highest BCUT2D eigenvalue weighted by Crippen LogP contribution is 2.30. The predicted molar refractivity (Wildman–Crippen MR) is 81.0 cm³/mol. The lowest BCUT2D eigenvalue weighted by atomic mass is 10.1. The largest absolute Gasteiger partial charge is 0.483 e. The first kappa shape index (κ1) is 14.9. The van der Waals surface area contributed by atoms with Crippen molar-refractivity contribution >= 4 is 5.91 Å².